The van der Waals surface area contributed by atoms with Crippen LogP contribution in [0.3, 0.4) is 0 Å². The lowest BCUT2D eigenvalue weighted by Gasteiger charge is -2.25. The molecule has 0 heterocycles. The number of nitrogens with one attached hydrogen (secondary N) is 1. The topological polar surface area (TPSA) is 32.3 Å². The molecular formula is C18H22N2OS. The van der Waals surface area contributed by atoms with Crippen LogP contribution in [-0.4, -0.2) is 17.4 Å². The van der Waals surface area contributed by atoms with E-state index in [1.807, 2.05) is 53.5 Å². The molecule has 22 heavy (non-hydrogen) atoms. The van der Waals surface area contributed by atoms with Crippen LogP contribution in [0.1, 0.15) is 18.9 Å². The molecule has 0 radical (unpaired) electrons. The minimum atomic E-state index is 0.0400. The van der Waals surface area contributed by atoms with E-state index >= 15 is 0 Å². The number of benzene rings is 2. The van der Waals surface area contributed by atoms with E-state index in [1.54, 1.807) is 11.8 Å². The van der Waals surface area contributed by atoms with Crippen molar-refractivity contribution in [2.45, 2.75) is 19.9 Å². The van der Waals surface area contributed by atoms with Crippen LogP contribution in [0.15, 0.2) is 60.7 Å². The van der Waals surface area contributed by atoms with Gasteiger partial charge in [0.15, 0.2) is 0 Å². The highest BCUT2D eigenvalue weighted by Crippen LogP contribution is 2.15. The van der Waals surface area contributed by atoms with Gasteiger partial charge < -0.3 is 0 Å². The first-order valence-electron chi connectivity index (χ1n) is 7.53. The number of carbonyl (C=O) groups is 1. The van der Waals surface area contributed by atoms with E-state index in [0.717, 1.165) is 23.4 Å². The Bertz CT molecular complexity index is 560. The van der Waals surface area contributed by atoms with Crippen LogP contribution in [0.2, 0.25) is 0 Å². The highest BCUT2D eigenvalue weighted by molar-refractivity contribution is 7.99. The Morgan fingerprint density at radius 1 is 1.05 bits per heavy atom. The smallest absolute Gasteiger partial charge is 0.248 e. The van der Waals surface area contributed by atoms with Crippen LogP contribution >= 0.6 is 11.8 Å². The zero-order chi connectivity index (χ0) is 15.6. The molecule has 0 fully saturated rings. The zero-order valence-corrected chi connectivity index (χ0v) is 13.7. The standard InChI is InChI=1S/C18H22N2OS/c1-2-13-22-15-18(21)19-20(17-11-7-4-8-12-17)14-16-9-5-3-6-10-16/h3-12H,2,13-15H2,1H3,(H,19,21). The number of rotatable bonds is 8. The van der Waals surface area contributed by atoms with Crippen molar-refractivity contribution >= 4 is 23.4 Å². The third-order valence-corrected chi connectivity index (χ3v) is 4.26. The van der Waals surface area contributed by atoms with Crippen LogP contribution < -0.4 is 10.4 Å². The largest absolute Gasteiger partial charge is 0.281 e. The molecule has 1 amide bonds. The third kappa shape index (κ3) is 5.45. The summed E-state index contributed by atoms with van der Waals surface area (Å²) < 4.78 is 0. The maximum atomic E-state index is 12.1. The summed E-state index contributed by atoms with van der Waals surface area (Å²) in [5.74, 6) is 1.54. The van der Waals surface area contributed by atoms with Gasteiger partial charge in [0.2, 0.25) is 5.91 Å². The molecule has 3 nitrogen and oxygen atoms in total. The fourth-order valence-corrected chi connectivity index (χ4v) is 2.74. The highest BCUT2D eigenvalue weighted by atomic mass is 32.2. The molecule has 2 rings (SSSR count). The van der Waals surface area contributed by atoms with Gasteiger partial charge in [-0.3, -0.25) is 15.2 Å². The monoisotopic (exact) mass is 314 g/mol. The Morgan fingerprint density at radius 2 is 1.68 bits per heavy atom. The maximum Gasteiger partial charge on any atom is 0.248 e. The maximum absolute atomic E-state index is 12.1. The Hall–Kier alpha value is -1.94. The predicted molar refractivity (Wildman–Crippen MR) is 94.8 cm³/mol. The van der Waals surface area contributed by atoms with Crippen LogP contribution in [0.5, 0.6) is 0 Å². The van der Waals surface area contributed by atoms with Gasteiger partial charge in [-0.2, -0.15) is 11.8 Å². The first-order chi connectivity index (χ1) is 10.8. The molecule has 116 valence electrons. The Labute approximate surface area is 136 Å². The Morgan fingerprint density at radius 3 is 2.32 bits per heavy atom. The van der Waals surface area contributed by atoms with Crippen molar-refractivity contribution in [1.82, 2.24) is 5.43 Å². The van der Waals surface area contributed by atoms with Crippen molar-refractivity contribution in [3.8, 4) is 0 Å². The zero-order valence-electron chi connectivity index (χ0n) is 12.9. The van der Waals surface area contributed by atoms with Crippen molar-refractivity contribution < 1.29 is 4.79 Å². The van der Waals surface area contributed by atoms with Gasteiger partial charge in [-0.15, -0.1) is 0 Å². The Balaban J connectivity index is 2.04. The molecule has 0 atom stereocenters. The summed E-state index contributed by atoms with van der Waals surface area (Å²) in [7, 11) is 0. The van der Waals surface area contributed by atoms with Gasteiger partial charge in [-0.05, 0) is 29.9 Å². The molecule has 0 aliphatic rings. The second-order valence-corrected chi connectivity index (χ2v) is 6.10. The van der Waals surface area contributed by atoms with E-state index in [1.165, 1.54) is 0 Å². The molecule has 0 aromatic heterocycles. The van der Waals surface area contributed by atoms with Crippen LogP contribution in [-0.2, 0) is 11.3 Å². The van der Waals surface area contributed by atoms with Gasteiger partial charge in [0, 0.05) is 0 Å². The SMILES string of the molecule is CCCSCC(=O)NN(Cc1ccccc1)c1ccccc1. The van der Waals surface area contributed by atoms with Crippen molar-refractivity contribution in [3.05, 3.63) is 66.2 Å². The second kappa shape index (κ2) is 9.15. The van der Waals surface area contributed by atoms with Crippen molar-refractivity contribution in [3.63, 3.8) is 0 Å². The van der Waals surface area contributed by atoms with E-state index in [9.17, 15) is 4.79 Å². The summed E-state index contributed by atoms with van der Waals surface area (Å²) in [6.45, 7) is 2.77. The number of nitrogens with zero attached hydrogens (tertiary/aromatic N) is 1. The lowest BCUT2D eigenvalue weighted by molar-refractivity contribution is -0.118. The molecular weight excluding hydrogens is 292 g/mol. The number of amides is 1. The summed E-state index contributed by atoms with van der Waals surface area (Å²) >= 11 is 1.67. The summed E-state index contributed by atoms with van der Waals surface area (Å²) in [5.41, 5.74) is 5.16. The summed E-state index contributed by atoms with van der Waals surface area (Å²) in [4.78, 5) is 12.1. The van der Waals surface area contributed by atoms with Gasteiger partial charge in [0.05, 0.1) is 18.0 Å². The van der Waals surface area contributed by atoms with E-state index < -0.39 is 0 Å². The summed E-state index contributed by atoms with van der Waals surface area (Å²) in [5, 5.41) is 1.91. The predicted octanol–water partition coefficient (Wildman–Crippen LogP) is 3.87. The Kier molecular flexibility index (Phi) is 6.84. The lowest BCUT2D eigenvalue weighted by Crippen LogP contribution is -2.42. The average molecular weight is 314 g/mol. The minimum Gasteiger partial charge on any atom is -0.281 e. The molecule has 2 aromatic carbocycles. The number of anilines is 1. The first-order valence-corrected chi connectivity index (χ1v) is 8.69. The van der Waals surface area contributed by atoms with E-state index in [0.29, 0.717) is 12.3 Å². The molecule has 0 saturated heterocycles. The molecule has 1 N–H and O–H groups in total. The fourth-order valence-electron chi connectivity index (χ4n) is 2.06. The fraction of sp³-hybridized carbons (Fsp3) is 0.278. The van der Waals surface area contributed by atoms with Crippen molar-refractivity contribution in [1.29, 1.82) is 0 Å². The molecule has 0 aliphatic heterocycles. The number of thioether (sulfide) groups is 1. The molecule has 0 bridgehead atoms. The number of hydrazine groups is 1. The van der Waals surface area contributed by atoms with Gasteiger partial charge in [-0.1, -0.05) is 55.5 Å². The van der Waals surface area contributed by atoms with Crippen LogP contribution in [0.25, 0.3) is 0 Å². The normalized spacial score (nSPS) is 10.2. The van der Waals surface area contributed by atoms with Gasteiger partial charge >= 0.3 is 0 Å². The summed E-state index contributed by atoms with van der Waals surface area (Å²) in [6.07, 6.45) is 1.09. The van der Waals surface area contributed by atoms with Gasteiger partial charge in [0.1, 0.15) is 0 Å². The second-order valence-electron chi connectivity index (χ2n) is 4.99. The van der Waals surface area contributed by atoms with Crippen LogP contribution in [0, 0.1) is 0 Å². The quantitative estimate of drug-likeness (QED) is 0.593. The third-order valence-electron chi connectivity index (χ3n) is 3.09. The van der Waals surface area contributed by atoms with E-state index in [4.69, 9.17) is 0 Å². The summed E-state index contributed by atoms with van der Waals surface area (Å²) in [6, 6.07) is 20.1. The molecule has 4 heteroatoms. The number of para-hydroxylation sites is 1. The first kappa shape index (κ1) is 16.4. The van der Waals surface area contributed by atoms with Gasteiger partial charge in [-0.25, -0.2) is 0 Å². The van der Waals surface area contributed by atoms with E-state index in [2.05, 4.69) is 24.5 Å². The van der Waals surface area contributed by atoms with Crippen LogP contribution in [0.4, 0.5) is 5.69 Å². The number of hydrogen-bond donors (Lipinski definition) is 1. The average Bonchev–Trinajstić information content (AvgIpc) is 2.56. The number of carbonyl (C=O) groups excluding carboxylic acids is 1. The number of hydrogen-bond acceptors (Lipinski definition) is 3. The molecule has 0 aliphatic carbocycles. The molecule has 2 aromatic rings. The minimum absolute atomic E-state index is 0.0400. The van der Waals surface area contributed by atoms with Gasteiger partial charge in [0.25, 0.3) is 0 Å². The molecule has 0 unspecified atom stereocenters. The van der Waals surface area contributed by atoms with E-state index in [-0.39, 0.29) is 5.91 Å². The van der Waals surface area contributed by atoms with Crippen molar-refractivity contribution in [2.24, 2.45) is 0 Å². The highest BCUT2D eigenvalue weighted by Gasteiger charge is 2.10. The lowest BCUT2D eigenvalue weighted by atomic mass is 10.2. The molecule has 0 saturated carbocycles. The van der Waals surface area contributed by atoms with Crippen molar-refractivity contribution in [2.75, 3.05) is 16.5 Å². The molecule has 0 spiro atoms.